The van der Waals surface area contributed by atoms with E-state index in [1.807, 2.05) is 31.2 Å². The Labute approximate surface area is 171 Å². The standard InChI is InChI=1S/C21H29N5O3/c1-15-4-5-18(22)16(10-15)12-23-13-17-11-19(26-6-8-28-9-7-26)25-20(24-17)29-14-21(2,3)27/h4-5,10-11,13,27H,6-9,12,14,22H2,1-3H3. The summed E-state index contributed by atoms with van der Waals surface area (Å²) in [5.74, 6) is 0.755. The van der Waals surface area contributed by atoms with Crippen molar-refractivity contribution in [1.82, 2.24) is 9.97 Å². The summed E-state index contributed by atoms with van der Waals surface area (Å²) in [7, 11) is 0. The number of nitrogens with zero attached hydrogens (tertiary/aromatic N) is 4. The maximum Gasteiger partial charge on any atom is 0.319 e. The first-order chi connectivity index (χ1) is 13.8. The molecule has 2 heterocycles. The third-order valence-electron chi connectivity index (χ3n) is 4.39. The second kappa shape index (κ2) is 9.19. The number of morpholine rings is 1. The number of hydrogen-bond acceptors (Lipinski definition) is 8. The van der Waals surface area contributed by atoms with Crippen molar-refractivity contribution < 1.29 is 14.6 Å². The number of aliphatic imine (C=N–C) groups is 1. The van der Waals surface area contributed by atoms with Gasteiger partial charge in [0.25, 0.3) is 0 Å². The number of rotatable bonds is 7. The summed E-state index contributed by atoms with van der Waals surface area (Å²) in [6, 6.07) is 8.00. The molecule has 0 saturated carbocycles. The van der Waals surface area contributed by atoms with Crippen LogP contribution in [0.1, 0.15) is 30.7 Å². The predicted molar refractivity (Wildman–Crippen MR) is 114 cm³/mol. The Bertz CT molecular complexity index is 858. The summed E-state index contributed by atoms with van der Waals surface area (Å²) in [6.45, 7) is 8.73. The minimum atomic E-state index is -0.977. The van der Waals surface area contributed by atoms with Crippen LogP contribution in [0.25, 0.3) is 0 Å². The van der Waals surface area contributed by atoms with Crippen LogP contribution in [-0.2, 0) is 11.3 Å². The molecule has 29 heavy (non-hydrogen) atoms. The topological polar surface area (TPSA) is 106 Å². The first-order valence-electron chi connectivity index (χ1n) is 9.72. The highest BCUT2D eigenvalue weighted by Crippen LogP contribution is 2.19. The fraction of sp³-hybridized carbons (Fsp3) is 0.476. The van der Waals surface area contributed by atoms with E-state index in [9.17, 15) is 5.11 Å². The van der Waals surface area contributed by atoms with Crippen molar-refractivity contribution in [1.29, 1.82) is 0 Å². The molecule has 0 spiro atoms. The fourth-order valence-electron chi connectivity index (χ4n) is 2.87. The molecule has 2 aromatic rings. The van der Waals surface area contributed by atoms with E-state index in [0.717, 1.165) is 35.7 Å². The molecule has 8 heteroatoms. The lowest BCUT2D eigenvalue weighted by molar-refractivity contribution is 0.0250. The van der Waals surface area contributed by atoms with Crippen molar-refractivity contribution in [2.45, 2.75) is 32.9 Å². The largest absolute Gasteiger partial charge is 0.460 e. The van der Waals surface area contributed by atoms with Crippen LogP contribution in [0.4, 0.5) is 11.5 Å². The molecule has 3 N–H and O–H groups in total. The molecule has 0 radical (unpaired) electrons. The van der Waals surface area contributed by atoms with E-state index in [4.69, 9.17) is 15.2 Å². The SMILES string of the molecule is Cc1ccc(N)c(CN=Cc2cc(N3CCOCC3)nc(OCC(C)(C)O)n2)c1. The molecule has 3 rings (SSSR count). The Hall–Kier alpha value is -2.71. The van der Waals surface area contributed by atoms with Gasteiger partial charge in [0, 0.05) is 31.1 Å². The maximum atomic E-state index is 9.94. The molecule has 0 unspecified atom stereocenters. The van der Waals surface area contributed by atoms with E-state index in [-0.39, 0.29) is 12.6 Å². The predicted octanol–water partition coefficient (Wildman–Crippen LogP) is 1.97. The van der Waals surface area contributed by atoms with Crippen molar-refractivity contribution in [3.8, 4) is 6.01 Å². The van der Waals surface area contributed by atoms with E-state index >= 15 is 0 Å². The van der Waals surface area contributed by atoms with Crippen LogP contribution < -0.4 is 15.4 Å². The van der Waals surface area contributed by atoms with Crippen molar-refractivity contribution in [2.24, 2.45) is 4.99 Å². The first kappa shape index (κ1) is 21.0. The molecule has 0 aliphatic carbocycles. The van der Waals surface area contributed by atoms with Gasteiger partial charge in [0.2, 0.25) is 0 Å². The molecule has 1 saturated heterocycles. The first-order valence-corrected chi connectivity index (χ1v) is 9.72. The van der Waals surface area contributed by atoms with E-state index in [1.165, 1.54) is 0 Å². The van der Waals surface area contributed by atoms with E-state index in [0.29, 0.717) is 25.5 Å². The van der Waals surface area contributed by atoms with Gasteiger partial charge in [-0.05, 0) is 32.4 Å². The third kappa shape index (κ3) is 6.40. The van der Waals surface area contributed by atoms with Gasteiger partial charge in [0.05, 0.1) is 31.1 Å². The maximum absolute atomic E-state index is 9.94. The molecule has 0 atom stereocenters. The zero-order chi connectivity index (χ0) is 20.9. The normalized spacial score (nSPS) is 15.1. The van der Waals surface area contributed by atoms with E-state index in [2.05, 4.69) is 19.9 Å². The molecule has 1 aromatic heterocycles. The highest BCUT2D eigenvalue weighted by atomic mass is 16.5. The van der Waals surface area contributed by atoms with Gasteiger partial charge in [0.15, 0.2) is 0 Å². The zero-order valence-electron chi connectivity index (χ0n) is 17.3. The summed E-state index contributed by atoms with van der Waals surface area (Å²) in [5, 5.41) is 9.94. The second-order valence-corrected chi connectivity index (χ2v) is 7.81. The molecule has 0 amide bonds. The Kier molecular flexibility index (Phi) is 6.66. The molecule has 1 aliphatic heterocycles. The average molecular weight is 399 g/mol. The Balaban J connectivity index is 1.80. The lowest BCUT2D eigenvalue weighted by Gasteiger charge is -2.28. The highest BCUT2D eigenvalue weighted by Gasteiger charge is 2.18. The van der Waals surface area contributed by atoms with Crippen LogP contribution in [0, 0.1) is 6.92 Å². The molecule has 1 fully saturated rings. The molecule has 156 valence electrons. The number of nitrogens with two attached hydrogens (primary N) is 1. The van der Waals surface area contributed by atoms with Gasteiger partial charge in [0.1, 0.15) is 12.4 Å². The third-order valence-corrected chi connectivity index (χ3v) is 4.39. The van der Waals surface area contributed by atoms with Gasteiger partial charge in [-0.1, -0.05) is 17.7 Å². The number of aliphatic hydroxyl groups is 1. The lowest BCUT2D eigenvalue weighted by Crippen LogP contribution is -2.37. The molecule has 0 bridgehead atoms. The number of nitrogen functional groups attached to an aromatic ring is 1. The number of hydrogen-bond donors (Lipinski definition) is 2. The van der Waals surface area contributed by atoms with Gasteiger partial charge in [-0.3, -0.25) is 4.99 Å². The number of aryl methyl sites for hydroxylation is 1. The molecular weight excluding hydrogens is 370 g/mol. The van der Waals surface area contributed by atoms with Crippen LogP contribution in [0.15, 0.2) is 29.3 Å². The monoisotopic (exact) mass is 399 g/mol. The average Bonchev–Trinajstić information content (AvgIpc) is 2.69. The Morgan fingerprint density at radius 2 is 2.03 bits per heavy atom. The van der Waals surface area contributed by atoms with Crippen LogP contribution >= 0.6 is 0 Å². The Morgan fingerprint density at radius 3 is 2.76 bits per heavy atom. The van der Waals surface area contributed by atoms with Crippen molar-refractivity contribution in [2.75, 3.05) is 43.5 Å². The zero-order valence-corrected chi connectivity index (χ0v) is 17.3. The van der Waals surface area contributed by atoms with Gasteiger partial charge in [-0.2, -0.15) is 9.97 Å². The fourth-order valence-corrected chi connectivity index (χ4v) is 2.87. The number of aromatic nitrogens is 2. The molecule has 8 nitrogen and oxygen atoms in total. The molecule has 1 aliphatic rings. The van der Waals surface area contributed by atoms with Crippen molar-refractivity contribution in [3.05, 3.63) is 41.1 Å². The quantitative estimate of drug-likeness (QED) is 0.541. The lowest BCUT2D eigenvalue weighted by atomic mass is 10.1. The number of ether oxygens (including phenoxy) is 2. The van der Waals surface area contributed by atoms with Gasteiger partial charge in [-0.25, -0.2) is 0 Å². The second-order valence-electron chi connectivity index (χ2n) is 7.81. The molecule has 1 aromatic carbocycles. The summed E-state index contributed by atoms with van der Waals surface area (Å²) < 4.78 is 11.1. The van der Waals surface area contributed by atoms with Gasteiger partial charge >= 0.3 is 6.01 Å². The number of benzene rings is 1. The Morgan fingerprint density at radius 1 is 1.28 bits per heavy atom. The minimum absolute atomic E-state index is 0.0932. The smallest absolute Gasteiger partial charge is 0.319 e. The minimum Gasteiger partial charge on any atom is -0.460 e. The van der Waals surface area contributed by atoms with Gasteiger partial charge in [-0.15, -0.1) is 0 Å². The summed E-state index contributed by atoms with van der Waals surface area (Å²) in [4.78, 5) is 15.5. The number of anilines is 2. The van der Waals surface area contributed by atoms with Crippen LogP contribution in [0.2, 0.25) is 0 Å². The summed E-state index contributed by atoms with van der Waals surface area (Å²) >= 11 is 0. The van der Waals surface area contributed by atoms with Crippen LogP contribution in [0.3, 0.4) is 0 Å². The summed E-state index contributed by atoms with van der Waals surface area (Å²) in [6.07, 6.45) is 1.70. The van der Waals surface area contributed by atoms with Crippen molar-refractivity contribution in [3.63, 3.8) is 0 Å². The van der Waals surface area contributed by atoms with Crippen LogP contribution in [-0.4, -0.2) is 59.8 Å². The summed E-state index contributed by atoms with van der Waals surface area (Å²) in [5.41, 5.74) is 8.53. The van der Waals surface area contributed by atoms with Gasteiger partial charge < -0.3 is 25.2 Å². The highest BCUT2D eigenvalue weighted by molar-refractivity contribution is 5.78. The van der Waals surface area contributed by atoms with Crippen LogP contribution in [0.5, 0.6) is 6.01 Å². The van der Waals surface area contributed by atoms with E-state index in [1.54, 1.807) is 20.1 Å². The molecular formula is C21H29N5O3. The van der Waals surface area contributed by atoms with Crippen molar-refractivity contribution >= 4 is 17.7 Å². The van der Waals surface area contributed by atoms with E-state index < -0.39 is 5.60 Å².